The minimum absolute atomic E-state index is 0.531. The summed E-state index contributed by atoms with van der Waals surface area (Å²) >= 11 is 0. The highest BCUT2D eigenvalue weighted by molar-refractivity contribution is 6.37. The number of nitrogens with zero attached hydrogens (tertiary/aromatic N) is 2. The molecule has 8 heteroatoms. The molecule has 0 aromatic heterocycles. The van der Waals surface area contributed by atoms with Crippen LogP contribution in [0.25, 0.3) is 0 Å². The third kappa shape index (κ3) is 3.18. The van der Waals surface area contributed by atoms with Gasteiger partial charge in [-0.25, -0.2) is 10.1 Å². The highest BCUT2D eigenvalue weighted by atomic mass is 17.0. The average Bonchev–Trinajstić information content (AvgIpc) is 1.82. The van der Waals surface area contributed by atoms with E-state index in [1.165, 1.54) is 0 Å². The quantitative estimate of drug-likeness (QED) is 0.187. The van der Waals surface area contributed by atoms with Crippen LogP contribution in [0, 0.1) is 15.5 Å². The van der Waals surface area contributed by atoms with Gasteiger partial charge in [0.05, 0.1) is 0 Å². The third-order valence-corrected chi connectivity index (χ3v) is 0.482. The minimum atomic E-state index is -1.17. The number of amidine groups is 2. The average molecular weight is 147 g/mol. The maximum atomic E-state index is 9.44. The van der Waals surface area contributed by atoms with Crippen LogP contribution in [-0.2, 0) is 4.94 Å². The topological polar surface area (TPSA) is 141 Å². The van der Waals surface area contributed by atoms with Crippen molar-refractivity contribution in [3.8, 4) is 0 Å². The first-order valence-electron chi connectivity index (χ1n) is 2.03. The summed E-state index contributed by atoms with van der Waals surface area (Å²) in [4.78, 5) is 12.9. The third-order valence-electron chi connectivity index (χ3n) is 0.482. The monoisotopic (exact) mass is 147 g/mol. The van der Waals surface area contributed by atoms with Crippen LogP contribution in [0.15, 0.2) is 5.16 Å². The molecule has 0 aromatic carbocycles. The molecule has 0 aliphatic carbocycles. The predicted molar refractivity (Wildman–Crippen MR) is 31.6 cm³/mol. The number of hydrogen-bond donors (Lipinski definition) is 3. The van der Waals surface area contributed by atoms with Crippen LogP contribution in [0.5, 0.6) is 0 Å². The Hall–Kier alpha value is -1.86. The van der Waals surface area contributed by atoms with Gasteiger partial charge in [0.25, 0.3) is 0 Å². The maximum absolute atomic E-state index is 9.44. The fourth-order valence-corrected chi connectivity index (χ4v) is 0.126. The van der Waals surface area contributed by atoms with Crippen LogP contribution >= 0.6 is 0 Å². The summed E-state index contributed by atoms with van der Waals surface area (Å²) in [6, 6.07) is 0. The summed E-state index contributed by atoms with van der Waals surface area (Å²) in [6.07, 6.45) is 0. The summed E-state index contributed by atoms with van der Waals surface area (Å²) < 4.78 is 0. The van der Waals surface area contributed by atoms with Crippen LogP contribution in [0.4, 0.5) is 0 Å². The minimum Gasteiger partial charge on any atom is -0.379 e. The molecular formula is C2H5N5O3. The lowest BCUT2D eigenvalue weighted by Crippen LogP contribution is -2.30. The predicted octanol–water partition coefficient (Wildman–Crippen LogP) is -1.60. The molecule has 0 radical (unpaired) electrons. The molecule has 10 heavy (non-hydrogen) atoms. The second-order valence-corrected chi connectivity index (χ2v) is 1.20. The van der Waals surface area contributed by atoms with Gasteiger partial charge in [0.1, 0.15) is 5.16 Å². The summed E-state index contributed by atoms with van der Waals surface area (Å²) in [7, 11) is 0. The van der Waals surface area contributed by atoms with Gasteiger partial charge in [-0.1, -0.05) is 0 Å². The highest BCUT2D eigenvalue weighted by Gasteiger charge is 2.02. The van der Waals surface area contributed by atoms with Gasteiger partial charge in [-0.15, -0.1) is 0 Å². The van der Waals surface area contributed by atoms with E-state index in [9.17, 15) is 10.1 Å². The van der Waals surface area contributed by atoms with Crippen molar-refractivity contribution in [2.45, 2.75) is 0 Å². The summed E-state index contributed by atoms with van der Waals surface area (Å²) in [5.74, 6) is -1.11. The van der Waals surface area contributed by atoms with Crippen molar-refractivity contribution >= 4 is 11.7 Å². The Bertz CT molecular complexity index is 185. The molecular weight excluding hydrogens is 142 g/mol. The lowest BCUT2D eigenvalue weighted by Gasteiger charge is -1.88. The van der Waals surface area contributed by atoms with E-state index >= 15 is 0 Å². The van der Waals surface area contributed by atoms with Gasteiger partial charge >= 0.3 is 5.84 Å². The summed E-state index contributed by atoms with van der Waals surface area (Å²) in [6.45, 7) is 0. The molecule has 0 atom stereocenters. The Morgan fingerprint density at radius 3 is 2.50 bits per heavy atom. The largest absolute Gasteiger partial charge is 0.379 e. The molecule has 0 amide bonds. The van der Waals surface area contributed by atoms with E-state index in [0.717, 1.165) is 0 Å². The van der Waals surface area contributed by atoms with Crippen molar-refractivity contribution in [3.63, 3.8) is 0 Å². The molecule has 0 aliphatic heterocycles. The molecule has 0 aliphatic rings. The number of hydrogen-bond acceptors (Lipinski definition) is 5. The zero-order chi connectivity index (χ0) is 8.15. The Morgan fingerprint density at radius 2 is 2.20 bits per heavy atom. The fourth-order valence-electron chi connectivity index (χ4n) is 0.126. The molecule has 0 unspecified atom stereocenters. The van der Waals surface area contributed by atoms with Gasteiger partial charge in [0.2, 0.25) is 0 Å². The molecule has 0 bridgehead atoms. The normalized spacial score (nSPS) is 10.6. The van der Waals surface area contributed by atoms with E-state index in [0.29, 0.717) is 0 Å². The lowest BCUT2D eigenvalue weighted by molar-refractivity contribution is -0.760. The second-order valence-electron chi connectivity index (χ2n) is 1.20. The van der Waals surface area contributed by atoms with Crippen molar-refractivity contribution in [3.05, 3.63) is 10.1 Å². The van der Waals surface area contributed by atoms with Gasteiger partial charge in [0.15, 0.2) is 10.9 Å². The van der Waals surface area contributed by atoms with Crippen molar-refractivity contribution in [2.24, 2.45) is 16.6 Å². The molecule has 0 fully saturated rings. The fraction of sp³-hybridized carbons (Fsp3) is 0. The zero-order valence-corrected chi connectivity index (χ0v) is 4.77. The van der Waals surface area contributed by atoms with E-state index in [1.807, 2.05) is 0 Å². The lowest BCUT2D eigenvalue weighted by atomic mass is 10.6. The first-order valence-corrected chi connectivity index (χ1v) is 2.03. The van der Waals surface area contributed by atoms with E-state index in [1.54, 1.807) is 0 Å². The summed E-state index contributed by atoms with van der Waals surface area (Å²) in [5.41, 5.74) is 9.58. The molecule has 5 N–H and O–H groups in total. The van der Waals surface area contributed by atoms with Gasteiger partial charge in [0, 0.05) is 0 Å². The summed E-state index contributed by atoms with van der Waals surface area (Å²) in [5, 5.41) is 17.5. The SMILES string of the molecule is N=C(N)/C(N)=N/O[N+](=O)[O-]. The Balaban J connectivity index is 3.92. The maximum Gasteiger partial charge on any atom is 0.311 e. The van der Waals surface area contributed by atoms with Gasteiger partial charge in [-0.3, -0.25) is 5.41 Å². The van der Waals surface area contributed by atoms with E-state index < -0.39 is 16.8 Å². The molecule has 0 spiro atoms. The Kier molecular flexibility index (Phi) is 2.62. The van der Waals surface area contributed by atoms with E-state index in [4.69, 9.17) is 16.9 Å². The molecule has 0 rings (SSSR count). The second kappa shape index (κ2) is 3.22. The molecule has 0 saturated carbocycles. The van der Waals surface area contributed by atoms with Gasteiger partial charge < -0.3 is 11.5 Å². The Labute approximate surface area is 55.0 Å². The number of oxime groups is 1. The first-order chi connectivity index (χ1) is 4.54. The van der Waals surface area contributed by atoms with Crippen LogP contribution in [0.3, 0.4) is 0 Å². The Morgan fingerprint density at radius 1 is 1.70 bits per heavy atom. The van der Waals surface area contributed by atoms with E-state index in [2.05, 4.69) is 10.1 Å². The number of nitrogens with one attached hydrogen (secondary N) is 1. The van der Waals surface area contributed by atoms with Crippen molar-refractivity contribution in [1.82, 2.24) is 0 Å². The van der Waals surface area contributed by atoms with Crippen LogP contribution in [0.1, 0.15) is 0 Å². The van der Waals surface area contributed by atoms with E-state index in [-0.39, 0.29) is 0 Å². The zero-order valence-electron chi connectivity index (χ0n) is 4.77. The molecule has 0 aromatic rings. The van der Waals surface area contributed by atoms with Crippen molar-refractivity contribution in [2.75, 3.05) is 0 Å². The van der Waals surface area contributed by atoms with Gasteiger partial charge in [-0.2, -0.15) is 4.94 Å². The molecule has 0 heterocycles. The number of nitrogens with two attached hydrogens (primary N) is 2. The van der Waals surface area contributed by atoms with Crippen molar-refractivity contribution in [1.29, 1.82) is 5.41 Å². The highest BCUT2D eigenvalue weighted by Crippen LogP contribution is 1.75. The molecule has 56 valence electrons. The van der Waals surface area contributed by atoms with Crippen LogP contribution < -0.4 is 11.5 Å². The molecule has 0 saturated heterocycles. The van der Waals surface area contributed by atoms with Crippen molar-refractivity contribution < 1.29 is 10.0 Å². The van der Waals surface area contributed by atoms with Crippen LogP contribution in [-0.4, -0.2) is 16.8 Å². The first kappa shape index (κ1) is 8.14. The number of rotatable bonds is 2. The van der Waals surface area contributed by atoms with Crippen LogP contribution in [0.2, 0.25) is 0 Å². The van der Waals surface area contributed by atoms with Gasteiger partial charge in [-0.05, 0) is 0 Å². The smallest absolute Gasteiger partial charge is 0.311 e. The molecule has 8 nitrogen and oxygen atoms in total. The standard InChI is InChI=1S/C2H5N5O3/c3-1(4)2(5)6-10-7(8)9/h(H3,3,4)(H2,5,6).